The van der Waals surface area contributed by atoms with Gasteiger partial charge in [-0.05, 0) is 51.5 Å². The summed E-state index contributed by atoms with van der Waals surface area (Å²) in [6.45, 7) is 12.7. The predicted octanol–water partition coefficient (Wildman–Crippen LogP) is 5.14. The van der Waals surface area contributed by atoms with Crippen molar-refractivity contribution in [1.29, 1.82) is 0 Å². The molecule has 0 saturated heterocycles. The van der Waals surface area contributed by atoms with E-state index in [-0.39, 0.29) is 0 Å². The molecule has 1 aliphatic rings. The van der Waals surface area contributed by atoms with Crippen LogP contribution in [0.1, 0.15) is 53.4 Å². The Morgan fingerprint density at radius 2 is 2.11 bits per heavy atom. The standard InChI is InChI=1S/C18H29N/c1-6-14(3)8-9-16(5)19-18-12-10-17(11-13-18)15(4)7-2/h6,8,10,12,15-16,19H,1,7,9,11,13H2,2-5H3/b14-8-. The molecule has 0 aromatic rings. The smallest absolute Gasteiger partial charge is 0.0264 e. The normalized spacial score (nSPS) is 19.3. The fourth-order valence-corrected chi connectivity index (χ4v) is 2.27. The quantitative estimate of drug-likeness (QED) is 0.624. The van der Waals surface area contributed by atoms with Crippen LogP contribution >= 0.6 is 0 Å². The highest BCUT2D eigenvalue weighted by atomic mass is 14.9. The molecule has 19 heavy (non-hydrogen) atoms. The van der Waals surface area contributed by atoms with Gasteiger partial charge < -0.3 is 5.32 Å². The summed E-state index contributed by atoms with van der Waals surface area (Å²) in [5, 5.41) is 3.61. The van der Waals surface area contributed by atoms with Gasteiger partial charge in [0, 0.05) is 11.7 Å². The first-order valence-electron chi connectivity index (χ1n) is 7.52. The summed E-state index contributed by atoms with van der Waals surface area (Å²) in [4.78, 5) is 0. The molecule has 0 heterocycles. The van der Waals surface area contributed by atoms with E-state index >= 15 is 0 Å². The van der Waals surface area contributed by atoms with Crippen molar-refractivity contribution in [3.63, 3.8) is 0 Å². The third-order valence-corrected chi connectivity index (χ3v) is 3.97. The molecule has 1 rings (SSSR count). The van der Waals surface area contributed by atoms with Crippen LogP contribution in [0.5, 0.6) is 0 Å². The minimum atomic E-state index is 0.486. The van der Waals surface area contributed by atoms with E-state index in [0.717, 1.165) is 18.8 Å². The fourth-order valence-electron chi connectivity index (χ4n) is 2.27. The first-order chi connectivity index (χ1) is 9.06. The average molecular weight is 259 g/mol. The number of hydrogen-bond acceptors (Lipinski definition) is 1. The van der Waals surface area contributed by atoms with E-state index in [1.54, 1.807) is 5.57 Å². The molecule has 0 bridgehead atoms. The molecule has 2 atom stereocenters. The lowest BCUT2D eigenvalue weighted by atomic mass is 9.90. The molecule has 0 radical (unpaired) electrons. The van der Waals surface area contributed by atoms with Gasteiger partial charge in [0.25, 0.3) is 0 Å². The van der Waals surface area contributed by atoms with E-state index in [1.165, 1.54) is 24.1 Å². The molecule has 106 valence electrons. The van der Waals surface area contributed by atoms with Crippen molar-refractivity contribution in [2.24, 2.45) is 5.92 Å². The van der Waals surface area contributed by atoms with Crippen LogP contribution in [0.4, 0.5) is 0 Å². The van der Waals surface area contributed by atoms with Crippen molar-refractivity contribution < 1.29 is 0 Å². The van der Waals surface area contributed by atoms with Crippen LogP contribution in [0.25, 0.3) is 0 Å². The average Bonchev–Trinajstić information content (AvgIpc) is 2.44. The zero-order chi connectivity index (χ0) is 14.3. The number of hydrogen-bond donors (Lipinski definition) is 1. The minimum absolute atomic E-state index is 0.486. The van der Waals surface area contributed by atoms with E-state index in [2.05, 4.69) is 57.8 Å². The molecule has 0 fully saturated rings. The van der Waals surface area contributed by atoms with Crippen molar-refractivity contribution in [3.8, 4) is 0 Å². The van der Waals surface area contributed by atoms with Gasteiger partial charge in [-0.2, -0.15) is 0 Å². The molecule has 0 aromatic carbocycles. The van der Waals surface area contributed by atoms with Crippen molar-refractivity contribution in [3.05, 3.63) is 47.7 Å². The third kappa shape index (κ3) is 5.50. The van der Waals surface area contributed by atoms with Gasteiger partial charge in [-0.1, -0.05) is 49.8 Å². The predicted molar refractivity (Wildman–Crippen MR) is 86.0 cm³/mol. The van der Waals surface area contributed by atoms with Crippen LogP contribution in [0, 0.1) is 5.92 Å². The Hall–Kier alpha value is -1.24. The molecular formula is C18H29N. The summed E-state index contributed by atoms with van der Waals surface area (Å²) in [5.41, 5.74) is 4.23. The van der Waals surface area contributed by atoms with Crippen molar-refractivity contribution >= 4 is 0 Å². The highest BCUT2D eigenvalue weighted by Gasteiger charge is 2.12. The van der Waals surface area contributed by atoms with Crippen LogP contribution in [-0.4, -0.2) is 6.04 Å². The second-order valence-corrected chi connectivity index (χ2v) is 5.68. The molecule has 2 unspecified atom stereocenters. The van der Waals surface area contributed by atoms with E-state index in [0.29, 0.717) is 6.04 Å². The Labute approximate surface area is 119 Å². The molecule has 0 aromatic heterocycles. The maximum atomic E-state index is 3.78. The minimum Gasteiger partial charge on any atom is -0.386 e. The van der Waals surface area contributed by atoms with Gasteiger partial charge in [0.15, 0.2) is 0 Å². The van der Waals surface area contributed by atoms with Crippen LogP contribution < -0.4 is 5.32 Å². The zero-order valence-electron chi connectivity index (χ0n) is 13.0. The second-order valence-electron chi connectivity index (χ2n) is 5.68. The summed E-state index contributed by atoms with van der Waals surface area (Å²) in [7, 11) is 0. The van der Waals surface area contributed by atoms with Gasteiger partial charge in [0.05, 0.1) is 0 Å². The first kappa shape index (κ1) is 15.8. The van der Waals surface area contributed by atoms with Gasteiger partial charge in [-0.25, -0.2) is 0 Å². The summed E-state index contributed by atoms with van der Waals surface area (Å²) >= 11 is 0. The summed E-state index contributed by atoms with van der Waals surface area (Å²) in [6.07, 6.45) is 13.4. The fraction of sp³-hybridized carbons (Fsp3) is 0.556. The van der Waals surface area contributed by atoms with Crippen LogP contribution in [0.2, 0.25) is 0 Å². The van der Waals surface area contributed by atoms with E-state index in [1.807, 2.05) is 6.08 Å². The summed E-state index contributed by atoms with van der Waals surface area (Å²) in [5.74, 6) is 0.730. The SMILES string of the molecule is C=C/C(C)=C\CC(C)NC1=CC=C(C(C)CC)CC1. The molecule has 1 aliphatic carbocycles. The Morgan fingerprint density at radius 3 is 2.63 bits per heavy atom. The van der Waals surface area contributed by atoms with E-state index in [9.17, 15) is 0 Å². The molecular weight excluding hydrogens is 230 g/mol. The van der Waals surface area contributed by atoms with E-state index < -0.39 is 0 Å². The lowest BCUT2D eigenvalue weighted by Crippen LogP contribution is -2.25. The topological polar surface area (TPSA) is 12.0 Å². The van der Waals surface area contributed by atoms with Gasteiger partial charge >= 0.3 is 0 Å². The molecule has 0 amide bonds. The number of nitrogens with one attached hydrogen (secondary N) is 1. The third-order valence-electron chi connectivity index (χ3n) is 3.97. The molecule has 1 nitrogen and oxygen atoms in total. The largest absolute Gasteiger partial charge is 0.386 e. The molecule has 0 aliphatic heterocycles. The van der Waals surface area contributed by atoms with Crippen LogP contribution in [0.15, 0.2) is 47.7 Å². The Kier molecular flexibility index (Phi) is 6.69. The Morgan fingerprint density at radius 1 is 1.37 bits per heavy atom. The zero-order valence-corrected chi connectivity index (χ0v) is 13.0. The lowest BCUT2D eigenvalue weighted by Gasteiger charge is -2.22. The van der Waals surface area contributed by atoms with Gasteiger partial charge in [-0.3, -0.25) is 0 Å². The van der Waals surface area contributed by atoms with Crippen molar-refractivity contribution in [1.82, 2.24) is 5.32 Å². The number of rotatable bonds is 7. The molecule has 0 spiro atoms. The molecule has 1 heteroatoms. The van der Waals surface area contributed by atoms with Crippen LogP contribution in [0.3, 0.4) is 0 Å². The number of allylic oxidation sites excluding steroid dienone is 6. The Bertz CT molecular complexity index is 384. The van der Waals surface area contributed by atoms with Crippen molar-refractivity contribution in [2.75, 3.05) is 0 Å². The second kappa shape index (κ2) is 8.04. The highest BCUT2D eigenvalue weighted by Crippen LogP contribution is 2.25. The van der Waals surface area contributed by atoms with E-state index in [4.69, 9.17) is 0 Å². The van der Waals surface area contributed by atoms with Gasteiger partial charge in [0.1, 0.15) is 0 Å². The maximum absolute atomic E-state index is 3.78. The first-order valence-corrected chi connectivity index (χ1v) is 7.52. The van der Waals surface area contributed by atoms with Gasteiger partial charge in [-0.15, -0.1) is 0 Å². The van der Waals surface area contributed by atoms with Crippen LogP contribution in [-0.2, 0) is 0 Å². The molecule has 0 saturated carbocycles. The lowest BCUT2D eigenvalue weighted by molar-refractivity contribution is 0.572. The summed E-state index contributed by atoms with van der Waals surface area (Å²) < 4.78 is 0. The molecule has 1 N–H and O–H groups in total. The monoisotopic (exact) mass is 259 g/mol. The van der Waals surface area contributed by atoms with Gasteiger partial charge in [0.2, 0.25) is 0 Å². The maximum Gasteiger partial charge on any atom is 0.0264 e. The summed E-state index contributed by atoms with van der Waals surface area (Å²) in [6, 6.07) is 0.486. The van der Waals surface area contributed by atoms with Crippen molar-refractivity contribution in [2.45, 2.75) is 59.4 Å². The highest BCUT2D eigenvalue weighted by molar-refractivity contribution is 5.25. The Balaban J connectivity index is 2.48.